The van der Waals surface area contributed by atoms with E-state index in [1.165, 1.54) is 12.7 Å². The van der Waals surface area contributed by atoms with Crippen molar-refractivity contribution in [1.82, 2.24) is 30.4 Å². The van der Waals surface area contributed by atoms with Crippen molar-refractivity contribution in [3.8, 4) is 6.01 Å². The predicted octanol–water partition coefficient (Wildman–Crippen LogP) is 3.41. The van der Waals surface area contributed by atoms with Crippen molar-refractivity contribution in [2.24, 2.45) is 0 Å². The fourth-order valence-corrected chi connectivity index (χ4v) is 4.25. The molecule has 3 heterocycles. The number of benzene rings is 1. The molecule has 0 spiro atoms. The summed E-state index contributed by atoms with van der Waals surface area (Å²) in [6.45, 7) is 4.24. The highest BCUT2D eigenvalue weighted by molar-refractivity contribution is 5.78. The molecule has 2 aliphatic rings. The Morgan fingerprint density at radius 2 is 2.06 bits per heavy atom. The van der Waals surface area contributed by atoms with E-state index < -0.39 is 11.4 Å². The number of amides is 2. The lowest BCUT2D eigenvalue weighted by atomic mass is 10.0. The summed E-state index contributed by atoms with van der Waals surface area (Å²) in [6, 6.07) is 10.2. The number of carbonyl (C=O) groups is 1. The topological polar surface area (TPSA) is 108 Å². The third kappa shape index (κ3) is 3.41. The van der Waals surface area contributed by atoms with E-state index in [0.717, 1.165) is 23.9 Å². The van der Waals surface area contributed by atoms with Crippen molar-refractivity contribution >= 4 is 17.7 Å². The van der Waals surface area contributed by atoms with Gasteiger partial charge in [0.05, 0.1) is 31.1 Å². The van der Waals surface area contributed by atoms with Crippen LogP contribution in [-0.2, 0) is 12.1 Å². The van der Waals surface area contributed by atoms with Crippen molar-refractivity contribution < 1.29 is 13.9 Å². The number of fused-ring (bicyclic) bond motifs is 1. The van der Waals surface area contributed by atoms with Crippen LogP contribution in [0, 0.1) is 5.82 Å². The molecule has 1 saturated carbocycles. The van der Waals surface area contributed by atoms with Crippen molar-refractivity contribution in [2.75, 3.05) is 12.4 Å². The van der Waals surface area contributed by atoms with Gasteiger partial charge in [0.2, 0.25) is 0 Å². The lowest BCUT2D eigenvalue weighted by Gasteiger charge is -2.32. The Bertz CT molecular complexity index is 1160. The molecule has 166 valence electrons. The minimum absolute atomic E-state index is 0.0415. The monoisotopic (exact) mass is 437 g/mol. The van der Waals surface area contributed by atoms with Gasteiger partial charge in [0.25, 0.3) is 0 Å². The summed E-state index contributed by atoms with van der Waals surface area (Å²) < 4.78 is 19.1. The zero-order chi connectivity index (χ0) is 22.5. The first kappa shape index (κ1) is 20.2. The maximum atomic E-state index is 14.2. The fraction of sp³-hybridized carbons (Fsp3) is 0.364. The van der Waals surface area contributed by atoms with Crippen LogP contribution >= 0.6 is 0 Å². The molecule has 1 fully saturated rings. The molecule has 0 radical (unpaired) electrons. The van der Waals surface area contributed by atoms with Crippen molar-refractivity contribution in [3.63, 3.8) is 0 Å². The zero-order valence-electron chi connectivity index (χ0n) is 18.0. The Kier molecular flexibility index (Phi) is 4.72. The number of rotatable bonds is 5. The molecule has 2 atom stereocenters. The summed E-state index contributed by atoms with van der Waals surface area (Å²) in [6.07, 6.45) is 1.96. The standard InChI is InChI=1S/C22H24FN7O2/c1-22(2)17-14(18(29-28-17)26-19-15(23)10-24-20(27-19)32-3)11-30(22)21(31)25-16-9-13(16)12-7-5-4-6-8-12/h4-8,10,13,16H,9,11H2,1-3H3,(H,25,31)(H2,24,26,27,28,29)/t13-,16+/m0/s1. The highest BCUT2D eigenvalue weighted by Crippen LogP contribution is 2.43. The first-order valence-electron chi connectivity index (χ1n) is 10.4. The minimum atomic E-state index is -0.630. The van der Waals surface area contributed by atoms with E-state index in [4.69, 9.17) is 4.74 Å². The lowest BCUT2D eigenvalue weighted by Crippen LogP contribution is -2.47. The number of ether oxygens (including phenoxy) is 1. The largest absolute Gasteiger partial charge is 0.467 e. The second kappa shape index (κ2) is 7.47. The number of methoxy groups -OCH3 is 1. The van der Waals surface area contributed by atoms with E-state index in [2.05, 4.69) is 42.9 Å². The number of nitrogens with one attached hydrogen (secondary N) is 3. The van der Waals surface area contributed by atoms with E-state index in [9.17, 15) is 9.18 Å². The SMILES string of the molecule is COc1ncc(F)c(Nc2n[nH]c3c2CN(C(=O)N[C@@H]2C[C@H]2c2ccccc2)C3(C)C)n1. The Balaban J connectivity index is 1.31. The maximum Gasteiger partial charge on any atom is 0.318 e. The minimum Gasteiger partial charge on any atom is -0.467 e. The summed E-state index contributed by atoms with van der Waals surface area (Å²) in [4.78, 5) is 22.6. The van der Waals surface area contributed by atoms with Crippen molar-refractivity contribution in [3.05, 3.63) is 59.2 Å². The molecule has 2 aromatic heterocycles. The van der Waals surface area contributed by atoms with Crippen LogP contribution in [0.15, 0.2) is 36.5 Å². The van der Waals surface area contributed by atoms with Gasteiger partial charge in [0.15, 0.2) is 17.5 Å². The first-order valence-corrected chi connectivity index (χ1v) is 10.4. The number of halogens is 1. The Morgan fingerprint density at radius 1 is 1.28 bits per heavy atom. The number of hydrogen-bond donors (Lipinski definition) is 3. The van der Waals surface area contributed by atoms with Crippen molar-refractivity contribution in [1.29, 1.82) is 0 Å². The van der Waals surface area contributed by atoms with Gasteiger partial charge < -0.3 is 20.3 Å². The smallest absolute Gasteiger partial charge is 0.318 e. The van der Waals surface area contributed by atoms with Gasteiger partial charge >= 0.3 is 12.0 Å². The van der Waals surface area contributed by atoms with Crippen LogP contribution in [0.5, 0.6) is 6.01 Å². The molecule has 1 aromatic carbocycles. The third-order valence-corrected chi connectivity index (χ3v) is 6.18. The molecule has 32 heavy (non-hydrogen) atoms. The summed E-state index contributed by atoms with van der Waals surface area (Å²) in [7, 11) is 1.41. The van der Waals surface area contributed by atoms with Crippen LogP contribution in [0.4, 0.5) is 20.8 Å². The van der Waals surface area contributed by atoms with Gasteiger partial charge in [-0.2, -0.15) is 10.1 Å². The molecule has 1 aliphatic carbocycles. The zero-order valence-corrected chi connectivity index (χ0v) is 18.0. The molecule has 0 bridgehead atoms. The van der Waals surface area contributed by atoms with Gasteiger partial charge in [-0.15, -0.1) is 0 Å². The molecule has 5 rings (SSSR count). The molecule has 2 amide bonds. The van der Waals surface area contributed by atoms with Crippen LogP contribution in [0.25, 0.3) is 0 Å². The van der Waals surface area contributed by atoms with E-state index in [1.54, 1.807) is 4.90 Å². The number of H-pyrrole nitrogens is 1. The lowest BCUT2D eigenvalue weighted by molar-refractivity contribution is 0.142. The molecular weight excluding hydrogens is 413 g/mol. The summed E-state index contributed by atoms with van der Waals surface area (Å²) in [5.41, 5.74) is 2.22. The second-order valence-corrected chi connectivity index (χ2v) is 8.56. The van der Waals surface area contributed by atoms with Gasteiger partial charge in [0.1, 0.15) is 0 Å². The average molecular weight is 437 g/mol. The number of hydrogen-bond acceptors (Lipinski definition) is 6. The quantitative estimate of drug-likeness (QED) is 0.565. The fourth-order valence-electron chi connectivity index (χ4n) is 4.25. The predicted molar refractivity (Wildman–Crippen MR) is 115 cm³/mol. The molecule has 10 heteroatoms. The van der Waals surface area contributed by atoms with Crippen LogP contribution in [0.2, 0.25) is 0 Å². The average Bonchev–Trinajstić information content (AvgIpc) is 3.34. The Morgan fingerprint density at radius 3 is 2.81 bits per heavy atom. The van der Waals surface area contributed by atoms with Gasteiger partial charge in [-0.1, -0.05) is 30.3 Å². The van der Waals surface area contributed by atoms with Crippen LogP contribution in [0.3, 0.4) is 0 Å². The van der Waals surface area contributed by atoms with Gasteiger partial charge in [0, 0.05) is 17.5 Å². The van der Waals surface area contributed by atoms with Crippen LogP contribution in [-0.4, -0.2) is 44.2 Å². The highest BCUT2D eigenvalue weighted by atomic mass is 19.1. The number of urea groups is 1. The Labute approximate surface area is 184 Å². The molecule has 0 saturated heterocycles. The van der Waals surface area contributed by atoms with E-state index in [0.29, 0.717) is 18.3 Å². The van der Waals surface area contributed by atoms with Gasteiger partial charge in [-0.3, -0.25) is 5.10 Å². The second-order valence-electron chi connectivity index (χ2n) is 8.56. The Hall–Kier alpha value is -3.69. The number of nitrogens with zero attached hydrogens (tertiary/aromatic N) is 4. The molecule has 3 aromatic rings. The highest BCUT2D eigenvalue weighted by Gasteiger charge is 2.46. The number of anilines is 2. The third-order valence-electron chi connectivity index (χ3n) is 6.18. The van der Waals surface area contributed by atoms with Crippen LogP contribution < -0.4 is 15.4 Å². The summed E-state index contributed by atoms with van der Waals surface area (Å²) >= 11 is 0. The molecule has 1 aliphatic heterocycles. The van der Waals surface area contributed by atoms with Gasteiger partial charge in [-0.25, -0.2) is 14.2 Å². The van der Waals surface area contributed by atoms with E-state index in [1.807, 2.05) is 32.0 Å². The van der Waals surface area contributed by atoms with Crippen LogP contribution in [0.1, 0.15) is 43.0 Å². The van der Waals surface area contributed by atoms with E-state index in [-0.39, 0.29) is 23.9 Å². The number of carbonyl (C=O) groups excluding carboxylic acids is 1. The van der Waals surface area contributed by atoms with Gasteiger partial charge in [-0.05, 0) is 25.8 Å². The maximum absolute atomic E-state index is 14.2. The molecule has 9 nitrogen and oxygen atoms in total. The molecular formula is C22H24FN7O2. The number of aromatic nitrogens is 4. The van der Waals surface area contributed by atoms with Crippen molar-refractivity contribution in [2.45, 2.75) is 44.3 Å². The summed E-state index contributed by atoms with van der Waals surface area (Å²) in [5.74, 6) is 0.0838. The summed E-state index contributed by atoms with van der Waals surface area (Å²) in [5, 5.41) is 13.3. The molecule has 3 N–H and O–H groups in total. The molecule has 0 unspecified atom stereocenters. The number of aromatic amines is 1. The normalized spacial score (nSPS) is 20.6. The van der Waals surface area contributed by atoms with E-state index >= 15 is 0 Å². The first-order chi connectivity index (χ1) is 15.4.